The standard InChI is InChI=1S/C16H23N3O2/c1-2-17-14(20)16(10-6-7-11-16)19-15(21)18-12-13-8-4-3-5-9-13/h3-5,8-9H,2,6-7,10-12H2,1H3,(H,17,20)(H2,18,19,21). The Hall–Kier alpha value is -2.04. The number of benzene rings is 1. The van der Waals surface area contributed by atoms with Crippen LogP contribution in [0, 0.1) is 0 Å². The summed E-state index contributed by atoms with van der Waals surface area (Å²) in [7, 11) is 0. The molecule has 0 heterocycles. The fourth-order valence-corrected chi connectivity index (χ4v) is 2.76. The van der Waals surface area contributed by atoms with Gasteiger partial charge in [0.2, 0.25) is 5.91 Å². The Morgan fingerprint density at radius 2 is 1.76 bits per heavy atom. The lowest BCUT2D eigenvalue weighted by atomic mass is 9.96. The van der Waals surface area contributed by atoms with Crippen LogP contribution in [-0.2, 0) is 11.3 Å². The van der Waals surface area contributed by atoms with Crippen molar-refractivity contribution in [3.05, 3.63) is 35.9 Å². The van der Waals surface area contributed by atoms with Gasteiger partial charge in [-0.2, -0.15) is 0 Å². The van der Waals surface area contributed by atoms with Crippen molar-refractivity contribution in [2.24, 2.45) is 0 Å². The molecule has 3 N–H and O–H groups in total. The van der Waals surface area contributed by atoms with E-state index in [0.29, 0.717) is 25.9 Å². The normalized spacial score (nSPS) is 16.2. The third-order valence-corrected chi connectivity index (χ3v) is 3.88. The van der Waals surface area contributed by atoms with Crippen LogP contribution in [0.3, 0.4) is 0 Å². The molecule has 0 saturated heterocycles. The lowest BCUT2D eigenvalue weighted by Crippen LogP contribution is -2.59. The lowest BCUT2D eigenvalue weighted by molar-refractivity contribution is -0.127. The summed E-state index contributed by atoms with van der Waals surface area (Å²) in [4.78, 5) is 24.3. The van der Waals surface area contributed by atoms with Gasteiger partial charge in [-0.15, -0.1) is 0 Å². The van der Waals surface area contributed by atoms with Gasteiger partial charge in [0.05, 0.1) is 0 Å². The summed E-state index contributed by atoms with van der Waals surface area (Å²) < 4.78 is 0. The van der Waals surface area contributed by atoms with E-state index in [1.165, 1.54) is 0 Å². The van der Waals surface area contributed by atoms with E-state index in [-0.39, 0.29) is 11.9 Å². The van der Waals surface area contributed by atoms with E-state index in [4.69, 9.17) is 0 Å². The average molecular weight is 289 g/mol. The van der Waals surface area contributed by atoms with Crippen molar-refractivity contribution in [2.75, 3.05) is 6.54 Å². The predicted octanol–water partition coefficient (Wildman–Crippen LogP) is 1.93. The number of carbonyl (C=O) groups is 2. The number of hydrogen-bond donors (Lipinski definition) is 3. The molecule has 5 nitrogen and oxygen atoms in total. The minimum absolute atomic E-state index is 0.0719. The molecule has 1 aromatic carbocycles. The quantitative estimate of drug-likeness (QED) is 0.775. The molecule has 2 rings (SSSR count). The topological polar surface area (TPSA) is 70.2 Å². The SMILES string of the molecule is CCNC(=O)C1(NC(=O)NCc2ccccc2)CCCC1. The van der Waals surface area contributed by atoms with Crippen LogP contribution >= 0.6 is 0 Å². The smallest absolute Gasteiger partial charge is 0.315 e. The summed E-state index contributed by atoms with van der Waals surface area (Å²) in [5, 5.41) is 8.53. The Morgan fingerprint density at radius 3 is 2.38 bits per heavy atom. The fourth-order valence-electron chi connectivity index (χ4n) is 2.76. The number of urea groups is 1. The van der Waals surface area contributed by atoms with Crippen molar-refractivity contribution in [3.63, 3.8) is 0 Å². The number of carbonyl (C=O) groups excluding carboxylic acids is 2. The Labute approximate surface area is 125 Å². The van der Waals surface area contributed by atoms with E-state index in [1.54, 1.807) is 0 Å². The summed E-state index contributed by atoms with van der Waals surface area (Å²) in [5.74, 6) is -0.0719. The monoisotopic (exact) mass is 289 g/mol. The highest BCUT2D eigenvalue weighted by molar-refractivity contribution is 5.91. The van der Waals surface area contributed by atoms with Crippen LogP contribution in [0.2, 0.25) is 0 Å². The molecule has 0 aromatic heterocycles. The molecule has 1 fully saturated rings. The van der Waals surface area contributed by atoms with E-state index < -0.39 is 5.54 Å². The first kappa shape index (κ1) is 15.4. The molecule has 0 bridgehead atoms. The summed E-state index contributed by atoms with van der Waals surface area (Å²) in [6, 6.07) is 9.42. The summed E-state index contributed by atoms with van der Waals surface area (Å²) in [5.41, 5.74) is 0.294. The van der Waals surface area contributed by atoms with E-state index in [2.05, 4.69) is 16.0 Å². The van der Waals surface area contributed by atoms with Gasteiger partial charge in [-0.1, -0.05) is 43.2 Å². The first-order chi connectivity index (χ1) is 10.2. The number of hydrogen-bond acceptors (Lipinski definition) is 2. The van der Waals surface area contributed by atoms with Crippen LogP contribution in [0.4, 0.5) is 4.79 Å². The molecule has 0 atom stereocenters. The molecule has 0 radical (unpaired) electrons. The van der Waals surface area contributed by atoms with Gasteiger partial charge in [-0.25, -0.2) is 4.79 Å². The predicted molar refractivity (Wildman–Crippen MR) is 81.7 cm³/mol. The maximum atomic E-state index is 12.2. The van der Waals surface area contributed by atoms with Gasteiger partial charge < -0.3 is 16.0 Å². The second kappa shape index (κ2) is 7.11. The van der Waals surface area contributed by atoms with Crippen LogP contribution < -0.4 is 16.0 Å². The van der Waals surface area contributed by atoms with Crippen LogP contribution in [0.25, 0.3) is 0 Å². The summed E-state index contributed by atoms with van der Waals surface area (Å²) in [6.07, 6.45) is 3.35. The van der Waals surface area contributed by atoms with Crippen LogP contribution in [0.15, 0.2) is 30.3 Å². The zero-order valence-corrected chi connectivity index (χ0v) is 12.4. The third-order valence-electron chi connectivity index (χ3n) is 3.88. The summed E-state index contributed by atoms with van der Waals surface area (Å²) in [6.45, 7) is 2.92. The van der Waals surface area contributed by atoms with Gasteiger partial charge in [-0.3, -0.25) is 4.79 Å². The second-order valence-corrected chi connectivity index (χ2v) is 5.44. The molecule has 1 aliphatic rings. The van der Waals surface area contributed by atoms with Gasteiger partial charge in [0.15, 0.2) is 0 Å². The van der Waals surface area contributed by atoms with Gasteiger partial charge in [0.25, 0.3) is 0 Å². The number of nitrogens with one attached hydrogen (secondary N) is 3. The van der Waals surface area contributed by atoms with E-state index in [1.807, 2.05) is 37.3 Å². The largest absolute Gasteiger partial charge is 0.354 e. The van der Waals surface area contributed by atoms with Crippen molar-refractivity contribution < 1.29 is 9.59 Å². The van der Waals surface area contributed by atoms with Gasteiger partial charge in [0, 0.05) is 13.1 Å². The average Bonchev–Trinajstić information content (AvgIpc) is 2.96. The molecule has 0 unspecified atom stereocenters. The molecule has 1 aliphatic carbocycles. The Kier molecular flexibility index (Phi) is 5.20. The molecule has 0 aliphatic heterocycles. The number of amides is 3. The number of rotatable bonds is 5. The van der Waals surface area contributed by atoms with E-state index >= 15 is 0 Å². The fraction of sp³-hybridized carbons (Fsp3) is 0.500. The molecular formula is C16H23N3O2. The van der Waals surface area contributed by atoms with Crippen LogP contribution in [0.1, 0.15) is 38.2 Å². The van der Waals surface area contributed by atoms with Crippen LogP contribution in [0.5, 0.6) is 0 Å². The van der Waals surface area contributed by atoms with Gasteiger partial charge >= 0.3 is 6.03 Å². The molecule has 1 saturated carbocycles. The molecule has 3 amide bonds. The highest BCUT2D eigenvalue weighted by Gasteiger charge is 2.42. The van der Waals surface area contributed by atoms with Crippen LogP contribution in [-0.4, -0.2) is 24.0 Å². The van der Waals surface area contributed by atoms with Gasteiger partial charge in [-0.05, 0) is 25.3 Å². The molecule has 1 aromatic rings. The van der Waals surface area contributed by atoms with E-state index in [9.17, 15) is 9.59 Å². The highest BCUT2D eigenvalue weighted by atomic mass is 16.2. The third kappa shape index (κ3) is 3.97. The van der Waals surface area contributed by atoms with Crippen molar-refractivity contribution in [2.45, 2.75) is 44.7 Å². The lowest BCUT2D eigenvalue weighted by Gasteiger charge is -2.28. The Morgan fingerprint density at radius 1 is 1.10 bits per heavy atom. The van der Waals surface area contributed by atoms with Crippen molar-refractivity contribution >= 4 is 11.9 Å². The highest BCUT2D eigenvalue weighted by Crippen LogP contribution is 2.29. The Bertz CT molecular complexity index is 482. The molecular weight excluding hydrogens is 266 g/mol. The Balaban J connectivity index is 1.91. The van der Waals surface area contributed by atoms with Crippen molar-refractivity contribution in [1.82, 2.24) is 16.0 Å². The molecule has 21 heavy (non-hydrogen) atoms. The first-order valence-corrected chi connectivity index (χ1v) is 7.54. The molecule has 0 spiro atoms. The maximum Gasteiger partial charge on any atom is 0.315 e. The van der Waals surface area contributed by atoms with Crippen molar-refractivity contribution in [3.8, 4) is 0 Å². The zero-order chi connectivity index (χ0) is 15.1. The summed E-state index contributed by atoms with van der Waals surface area (Å²) >= 11 is 0. The maximum absolute atomic E-state index is 12.2. The van der Waals surface area contributed by atoms with Crippen molar-refractivity contribution in [1.29, 1.82) is 0 Å². The minimum atomic E-state index is -0.739. The minimum Gasteiger partial charge on any atom is -0.354 e. The molecule has 114 valence electrons. The second-order valence-electron chi connectivity index (χ2n) is 5.44. The first-order valence-electron chi connectivity index (χ1n) is 7.54. The zero-order valence-electron chi connectivity index (χ0n) is 12.4. The van der Waals surface area contributed by atoms with E-state index in [0.717, 1.165) is 18.4 Å². The van der Waals surface area contributed by atoms with Gasteiger partial charge in [0.1, 0.15) is 5.54 Å². The molecule has 5 heteroatoms. The number of likely N-dealkylation sites (N-methyl/N-ethyl adjacent to an activating group) is 1.